The van der Waals surface area contributed by atoms with Gasteiger partial charge in [0.05, 0.1) is 5.75 Å². The van der Waals surface area contributed by atoms with Gasteiger partial charge in [-0.3, -0.25) is 4.79 Å². The van der Waals surface area contributed by atoms with Crippen molar-refractivity contribution in [2.75, 3.05) is 17.7 Å². The molecule has 0 aliphatic rings. The first-order valence-electron chi connectivity index (χ1n) is 5.22. The van der Waals surface area contributed by atoms with Gasteiger partial charge in [0.1, 0.15) is 9.84 Å². The Kier molecular flexibility index (Phi) is 4.75. The normalized spacial score (nSPS) is 13.1. The molecule has 0 bridgehead atoms. The Bertz CT molecular complexity index is 537. The highest BCUT2D eigenvalue weighted by atomic mass is 79.9. The van der Waals surface area contributed by atoms with Gasteiger partial charge in [0.2, 0.25) is 0 Å². The topological polar surface area (TPSA) is 89.3 Å². The highest BCUT2D eigenvalue weighted by Crippen LogP contribution is 2.17. The summed E-state index contributed by atoms with van der Waals surface area (Å²) in [5, 5.41) is 2.61. The molecule has 0 saturated heterocycles. The molecule has 1 unspecified atom stereocenters. The van der Waals surface area contributed by atoms with Crippen LogP contribution in [0, 0.1) is 0 Å². The van der Waals surface area contributed by atoms with Crippen LogP contribution in [-0.4, -0.2) is 32.4 Å². The third-order valence-electron chi connectivity index (χ3n) is 2.11. The quantitative estimate of drug-likeness (QED) is 0.809. The maximum absolute atomic E-state index is 11.9. The maximum atomic E-state index is 11.9. The van der Waals surface area contributed by atoms with Crippen LogP contribution in [-0.2, 0) is 9.84 Å². The molecule has 100 valence electrons. The number of amides is 1. The largest absolute Gasteiger partial charge is 0.399 e. The fraction of sp³-hybridized carbons (Fsp3) is 0.364. The Morgan fingerprint density at radius 1 is 1.44 bits per heavy atom. The van der Waals surface area contributed by atoms with Crippen LogP contribution in [0.25, 0.3) is 0 Å². The Labute approximate surface area is 115 Å². The highest BCUT2D eigenvalue weighted by molar-refractivity contribution is 9.10. The van der Waals surface area contributed by atoms with E-state index in [0.717, 1.165) is 6.26 Å². The highest BCUT2D eigenvalue weighted by Gasteiger charge is 2.14. The van der Waals surface area contributed by atoms with E-state index in [1.54, 1.807) is 19.1 Å². The Balaban J connectivity index is 2.76. The molecule has 0 fully saturated rings. The number of anilines is 1. The molecular formula is C11H15BrN2O3S. The smallest absolute Gasteiger partial charge is 0.251 e. The number of halogens is 1. The van der Waals surface area contributed by atoms with Crippen molar-refractivity contribution in [3.8, 4) is 0 Å². The lowest BCUT2D eigenvalue weighted by Crippen LogP contribution is -2.37. The van der Waals surface area contributed by atoms with Crippen molar-refractivity contribution in [1.82, 2.24) is 5.32 Å². The summed E-state index contributed by atoms with van der Waals surface area (Å²) in [6.07, 6.45) is 1.13. The number of benzene rings is 1. The van der Waals surface area contributed by atoms with Crippen molar-refractivity contribution >= 4 is 37.4 Å². The van der Waals surface area contributed by atoms with Crippen LogP contribution < -0.4 is 11.1 Å². The van der Waals surface area contributed by atoms with E-state index in [4.69, 9.17) is 5.73 Å². The van der Waals surface area contributed by atoms with Crippen LogP contribution in [0.2, 0.25) is 0 Å². The molecule has 5 nitrogen and oxygen atoms in total. The fourth-order valence-corrected chi connectivity index (χ4v) is 3.05. The number of nitrogen functional groups attached to an aromatic ring is 1. The van der Waals surface area contributed by atoms with Crippen LogP contribution in [0.1, 0.15) is 17.3 Å². The molecule has 0 aliphatic heterocycles. The second kappa shape index (κ2) is 5.71. The van der Waals surface area contributed by atoms with Crippen LogP contribution in [0.4, 0.5) is 5.69 Å². The van der Waals surface area contributed by atoms with E-state index in [1.165, 1.54) is 6.07 Å². The molecule has 1 aromatic carbocycles. The summed E-state index contributed by atoms with van der Waals surface area (Å²) in [6, 6.07) is 4.38. The summed E-state index contributed by atoms with van der Waals surface area (Å²) < 4.78 is 22.9. The van der Waals surface area contributed by atoms with Gasteiger partial charge in [0.15, 0.2) is 0 Å². The lowest BCUT2D eigenvalue weighted by Gasteiger charge is -2.13. The van der Waals surface area contributed by atoms with Gasteiger partial charge in [-0.05, 0) is 25.1 Å². The third-order valence-corrected chi connectivity index (χ3v) is 3.68. The fourth-order valence-electron chi connectivity index (χ4n) is 1.55. The molecule has 1 atom stereocenters. The van der Waals surface area contributed by atoms with Crippen LogP contribution >= 0.6 is 15.9 Å². The summed E-state index contributed by atoms with van der Waals surface area (Å²) in [4.78, 5) is 11.9. The molecule has 1 rings (SSSR count). The number of nitrogens with two attached hydrogens (primary N) is 1. The van der Waals surface area contributed by atoms with Crippen molar-refractivity contribution in [2.24, 2.45) is 0 Å². The van der Waals surface area contributed by atoms with Gasteiger partial charge >= 0.3 is 0 Å². The zero-order chi connectivity index (χ0) is 13.9. The molecule has 0 aliphatic carbocycles. The monoisotopic (exact) mass is 334 g/mol. The number of nitrogens with one attached hydrogen (secondary N) is 1. The minimum absolute atomic E-state index is 0.0950. The van der Waals surface area contributed by atoms with Gasteiger partial charge < -0.3 is 11.1 Å². The molecule has 0 heterocycles. The zero-order valence-corrected chi connectivity index (χ0v) is 12.5. The summed E-state index contributed by atoms with van der Waals surface area (Å²) in [6.45, 7) is 1.64. The van der Waals surface area contributed by atoms with Crippen molar-refractivity contribution in [3.63, 3.8) is 0 Å². The molecule has 3 N–H and O–H groups in total. The number of carbonyl (C=O) groups excluding carboxylic acids is 1. The van der Waals surface area contributed by atoms with Crippen molar-refractivity contribution < 1.29 is 13.2 Å². The van der Waals surface area contributed by atoms with Crippen molar-refractivity contribution in [3.05, 3.63) is 28.2 Å². The first-order chi connectivity index (χ1) is 8.17. The molecule has 0 radical (unpaired) electrons. The van der Waals surface area contributed by atoms with Gasteiger partial charge in [-0.15, -0.1) is 0 Å². The Morgan fingerprint density at radius 2 is 2.06 bits per heavy atom. The molecule has 7 heteroatoms. The molecule has 0 spiro atoms. The molecule has 1 aromatic rings. The van der Waals surface area contributed by atoms with E-state index in [2.05, 4.69) is 21.2 Å². The van der Waals surface area contributed by atoms with E-state index in [0.29, 0.717) is 15.7 Å². The van der Waals surface area contributed by atoms with Gasteiger partial charge in [0, 0.05) is 28.0 Å². The average molecular weight is 335 g/mol. The van der Waals surface area contributed by atoms with Gasteiger partial charge in [-0.25, -0.2) is 8.42 Å². The summed E-state index contributed by atoms with van der Waals surface area (Å²) in [5.41, 5.74) is 6.48. The van der Waals surface area contributed by atoms with E-state index in [9.17, 15) is 13.2 Å². The molecule has 1 amide bonds. The van der Waals surface area contributed by atoms with Gasteiger partial charge in [-0.2, -0.15) is 0 Å². The van der Waals surface area contributed by atoms with E-state index < -0.39 is 15.9 Å². The standard InChI is InChI=1S/C11H15BrN2O3S/c1-7(6-18(2,16)17)14-11(15)8-3-9(12)5-10(13)4-8/h3-5,7H,6,13H2,1-2H3,(H,14,15). The van der Waals surface area contributed by atoms with E-state index in [1.807, 2.05) is 0 Å². The summed E-state index contributed by atoms with van der Waals surface area (Å²) in [5.74, 6) is -0.443. The maximum Gasteiger partial charge on any atom is 0.251 e. The first-order valence-corrected chi connectivity index (χ1v) is 8.07. The van der Waals surface area contributed by atoms with Crippen molar-refractivity contribution in [1.29, 1.82) is 0 Å². The Hall–Kier alpha value is -1.08. The lowest BCUT2D eigenvalue weighted by molar-refractivity contribution is 0.0943. The molecule has 18 heavy (non-hydrogen) atoms. The number of rotatable bonds is 4. The van der Waals surface area contributed by atoms with Gasteiger partial charge in [0.25, 0.3) is 5.91 Å². The van der Waals surface area contributed by atoms with Crippen molar-refractivity contribution in [2.45, 2.75) is 13.0 Å². The number of hydrogen-bond donors (Lipinski definition) is 2. The summed E-state index contributed by atoms with van der Waals surface area (Å²) in [7, 11) is -3.12. The predicted octanol–water partition coefficient (Wildman–Crippen LogP) is 1.19. The van der Waals surface area contributed by atoms with Crippen LogP contribution in [0.3, 0.4) is 0 Å². The molecular weight excluding hydrogens is 320 g/mol. The molecule has 0 saturated carbocycles. The van der Waals surface area contributed by atoms with E-state index in [-0.39, 0.29) is 11.7 Å². The molecule has 0 aromatic heterocycles. The minimum atomic E-state index is -3.12. The predicted molar refractivity (Wildman–Crippen MR) is 75.2 cm³/mol. The lowest BCUT2D eigenvalue weighted by atomic mass is 10.2. The first kappa shape index (κ1) is 15.0. The number of carbonyl (C=O) groups is 1. The second-order valence-electron chi connectivity index (χ2n) is 4.24. The Morgan fingerprint density at radius 3 is 2.56 bits per heavy atom. The second-order valence-corrected chi connectivity index (χ2v) is 7.34. The van der Waals surface area contributed by atoms with Crippen LogP contribution in [0.5, 0.6) is 0 Å². The number of hydrogen-bond acceptors (Lipinski definition) is 4. The number of sulfone groups is 1. The summed E-state index contributed by atoms with van der Waals surface area (Å²) >= 11 is 3.24. The average Bonchev–Trinajstić information content (AvgIpc) is 2.12. The third kappa shape index (κ3) is 5.05. The minimum Gasteiger partial charge on any atom is -0.399 e. The van der Waals surface area contributed by atoms with Gasteiger partial charge in [-0.1, -0.05) is 15.9 Å². The van der Waals surface area contributed by atoms with E-state index >= 15 is 0 Å². The van der Waals surface area contributed by atoms with Crippen LogP contribution in [0.15, 0.2) is 22.7 Å². The zero-order valence-electron chi connectivity index (χ0n) is 10.1. The SMILES string of the molecule is CC(CS(C)(=O)=O)NC(=O)c1cc(N)cc(Br)c1.